The van der Waals surface area contributed by atoms with Crippen molar-refractivity contribution >= 4 is 11.8 Å². The molecule has 3 N–H and O–H groups in total. The number of nitrogens with one attached hydrogen (secondary N) is 1. The Balaban J connectivity index is 2.57. The van der Waals surface area contributed by atoms with Crippen LogP contribution in [0.15, 0.2) is 12.7 Å². The quantitative estimate of drug-likeness (QED) is 0.479. The van der Waals surface area contributed by atoms with E-state index in [0.29, 0.717) is 0 Å². The van der Waals surface area contributed by atoms with Gasteiger partial charge in [-0.1, -0.05) is 0 Å². The lowest BCUT2D eigenvalue weighted by molar-refractivity contribution is -0.144. The van der Waals surface area contributed by atoms with Gasteiger partial charge in [0.25, 0.3) is 0 Å². The second kappa shape index (κ2) is 6.55. The lowest BCUT2D eigenvalue weighted by atomic mass is 10.4. The Labute approximate surface area is 96.6 Å². The van der Waals surface area contributed by atoms with Crippen molar-refractivity contribution in [3.8, 4) is 0 Å². The molecule has 0 unspecified atom stereocenters. The van der Waals surface area contributed by atoms with Crippen LogP contribution in [0.5, 0.6) is 0 Å². The highest BCUT2D eigenvalue weighted by molar-refractivity contribution is 6.38. The normalized spacial score (nSPS) is 10.0. The molecule has 0 fully saturated rings. The van der Waals surface area contributed by atoms with Crippen molar-refractivity contribution in [1.29, 1.82) is 0 Å². The minimum absolute atomic E-state index is 0.0189. The van der Waals surface area contributed by atoms with E-state index in [1.54, 1.807) is 0 Å². The number of carbonyl (C=O) groups is 2. The van der Waals surface area contributed by atoms with Crippen LogP contribution in [0, 0.1) is 0 Å². The predicted molar refractivity (Wildman–Crippen MR) is 55.1 cm³/mol. The van der Waals surface area contributed by atoms with E-state index in [2.05, 4.69) is 15.6 Å². The monoisotopic (exact) mass is 243 g/mol. The maximum atomic E-state index is 11.6. The molecule has 0 spiro atoms. The summed E-state index contributed by atoms with van der Waals surface area (Å²) in [4.78, 5) is 24.1. The van der Waals surface area contributed by atoms with Gasteiger partial charge in [-0.2, -0.15) is 0 Å². The van der Waals surface area contributed by atoms with E-state index in [9.17, 15) is 9.59 Å². The van der Waals surface area contributed by atoms with Crippen LogP contribution >= 0.6 is 0 Å². The third-order valence-corrected chi connectivity index (χ3v) is 1.87. The Kier molecular flexibility index (Phi) is 5.04. The molecule has 2 amide bonds. The molecule has 0 atom stereocenters. The van der Waals surface area contributed by atoms with Gasteiger partial charge in [-0.05, 0) is 0 Å². The summed E-state index contributed by atoms with van der Waals surface area (Å²) in [6, 6.07) is 0. The van der Waals surface area contributed by atoms with Crippen LogP contribution < -0.4 is 5.43 Å². The Morgan fingerprint density at radius 2 is 1.71 bits per heavy atom. The average Bonchev–Trinajstić information content (AvgIpc) is 2.80. The van der Waals surface area contributed by atoms with Crippen molar-refractivity contribution in [3.05, 3.63) is 12.7 Å². The zero-order valence-electron chi connectivity index (χ0n) is 8.98. The minimum Gasteiger partial charge on any atom is -0.395 e. The molecule has 94 valence electrons. The van der Waals surface area contributed by atoms with Gasteiger partial charge in [-0.15, -0.1) is 10.2 Å². The Hall–Kier alpha value is -2.00. The number of hydrogen-bond donors (Lipinski definition) is 3. The number of amides is 2. The van der Waals surface area contributed by atoms with E-state index in [1.807, 2.05) is 0 Å². The molecular formula is C8H13N5O4. The maximum Gasteiger partial charge on any atom is 0.328 e. The highest BCUT2D eigenvalue weighted by Gasteiger charge is 2.21. The minimum atomic E-state index is -0.897. The average molecular weight is 243 g/mol. The van der Waals surface area contributed by atoms with Crippen LogP contribution in [0.2, 0.25) is 0 Å². The summed E-state index contributed by atoms with van der Waals surface area (Å²) in [5, 5.41) is 24.3. The van der Waals surface area contributed by atoms with Gasteiger partial charge >= 0.3 is 11.8 Å². The second-order valence-electron chi connectivity index (χ2n) is 3.05. The van der Waals surface area contributed by atoms with Crippen LogP contribution in [0.1, 0.15) is 0 Å². The van der Waals surface area contributed by atoms with E-state index >= 15 is 0 Å². The van der Waals surface area contributed by atoms with Gasteiger partial charge in [0.05, 0.1) is 13.2 Å². The lowest BCUT2D eigenvalue weighted by Crippen LogP contribution is -2.44. The first kappa shape index (κ1) is 13.1. The fourth-order valence-electron chi connectivity index (χ4n) is 1.12. The molecule has 1 heterocycles. The highest BCUT2D eigenvalue weighted by atomic mass is 16.3. The summed E-state index contributed by atoms with van der Waals surface area (Å²) in [5.74, 6) is -1.74. The largest absolute Gasteiger partial charge is 0.395 e. The first-order chi connectivity index (χ1) is 8.19. The van der Waals surface area contributed by atoms with Gasteiger partial charge in [0.2, 0.25) is 0 Å². The highest BCUT2D eigenvalue weighted by Crippen LogP contribution is 1.90. The molecule has 0 saturated heterocycles. The predicted octanol–water partition coefficient (Wildman–Crippen LogP) is -2.84. The Morgan fingerprint density at radius 1 is 1.18 bits per heavy atom. The van der Waals surface area contributed by atoms with Crippen LogP contribution in [0.25, 0.3) is 0 Å². The van der Waals surface area contributed by atoms with Crippen molar-refractivity contribution in [2.75, 3.05) is 31.7 Å². The summed E-state index contributed by atoms with van der Waals surface area (Å²) in [6.45, 7) is -0.610. The molecule has 0 aliphatic heterocycles. The molecule has 9 nitrogen and oxygen atoms in total. The zero-order valence-corrected chi connectivity index (χ0v) is 8.98. The van der Waals surface area contributed by atoms with Crippen molar-refractivity contribution < 1.29 is 19.8 Å². The smallest absolute Gasteiger partial charge is 0.328 e. The molecule has 9 heteroatoms. The number of aliphatic hydroxyl groups excluding tert-OH is 2. The summed E-state index contributed by atoms with van der Waals surface area (Å²) < 4.78 is 1.12. The third kappa shape index (κ3) is 3.81. The summed E-state index contributed by atoms with van der Waals surface area (Å²) >= 11 is 0. The van der Waals surface area contributed by atoms with Crippen LogP contribution in [-0.4, -0.2) is 68.1 Å². The van der Waals surface area contributed by atoms with Gasteiger partial charge in [0, 0.05) is 13.1 Å². The maximum absolute atomic E-state index is 11.6. The summed E-state index contributed by atoms with van der Waals surface area (Å²) in [7, 11) is 0. The van der Waals surface area contributed by atoms with Crippen LogP contribution in [-0.2, 0) is 9.59 Å². The molecule has 0 aliphatic rings. The van der Waals surface area contributed by atoms with E-state index < -0.39 is 11.8 Å². The van der Waals surface area contributed by atoms with Crippen molar-refractivity contribution in [3.63, 3.8) is 0 Å². The molecule has 17 heavy (non-hydrogen) atoms. The van der Waals surface area contributed by atoms with Crippen molar-refractivity contribution in [2.24, 2.45) is 0 Å². The molecular weight excluding hydrogens is 230 g/mol. The third-order valence-electron chi connectivity index (χ3n) is 1.87. The van der Waals surface area contributed by atoms with Crippen molar-refractivity contribution in [2.45, 2.75) is 0 Å². The molecule has 0 bridgehead atoms. The number of carbonyl (C=O) groups excluding carboxylic acids is 2. The van der Waals surface area contributed by atoms with Gasteiger partial charge in [0.15, 0.2) is 0 Å². The molecule has 1 aromatic rings. The van der Waals surface area contributed by atoms with Crippen LogP contribution in [0.3, 0.4) is 0 Å². The van der Waals surface area contributed by atoms with Crippen LogP contribution in [0.4, 0.5) is 0 Å². The first-order valence-electron chi connectivity index (χ1n) is 4.85. The Morgan fingerprint density at radius 3 is 2.18 bits per heavy atom. The number of aromatic nitrogens is 3. The molecule has 0 aromatic carbocycles. The van der Waals surface area contributed by atoms with E-state index in [0.717, 1.165) is 9.58 Å². The van der Waals surface area contributed by atoms with Gasteiger partial charge in [-0.3, -0.25) is 15.0 Å². The zero-order chi connectivity index (χ0) is 12.7. The number of aliphatic hydroxyl groups is 2. The molecule has 0 aliphatic carbocycles. The standard InChI is InChI=1S/C8H13N5O4/c14-3-1-12(2-4-15)8(17)7(16)11-13-5-9-10-6-13/h5-6,14-15H,1-4H2,(H,11,16). The van der Waals surface area contributed by atoms with Gasteiger partial charge < -0.3 is 15.1 Å². The van der Waals surface area contributed by atoms with E-state index in [1.165, 1.54) is 12.7 Å². The topological polar surface area (TPSA) is 121 Å². The molecule has 0 saturated carbocycles. The van der Waals surface area contributed by atoms with Crippen molar-refractivity contribution in [1.82, 2.24) is 19.8 Å². The van der Waals surface area contributed by atoms with Gasteiger partial charge in [0.1, 0.15) is 12.7 Å². The fourth-order valence-corrected chi connectivity index (χ4v) is 1.12. The summed E-state index contributed by atoms with van der Waals surface area (Å²) in [6.07, 6.45) is 2.43. The first-order valence-corrected chi connectivity index (χ1v) is 4.85. The molecule has 0 radical (unpaired) electrons. The SMILES string of the molecule is O=C(Nn1cnnc1)C(=O)N(CCO)CCO. The Bertz CT molecular complexity index is 360. The molecule has 1 aromatic heterocycles. The number of nitrogens with zero attached hydrogens (tertiary/aromatic N) is 4. The second-order valence-corrected chi connectivity index (χ2v) is 3.05. The lowest BCUT2D eigenvalue weighted by Gasteiger charge is -2.19. The molecule has 1 rings (SSSR count). The van der Waals surface area contributed by atoms with Gasteiger partial charge in [-0.25, -0.2) is 4.68 Å². The summed E-state index contributed by atoms with van der Waals surface area (Å²) in [5.41, 5.74) is 2.22. The van der Waals surface area contributed by atoms with E-state index in [-0.39, 0.29) is 26.3 Å². The number of hydrogen-bond acceptors (Lipinski definition) is 6. The number of rotatable bonds is 5. The fraction of sp³-hybridized carbons (Fsp3) is 0.500. The van der Waals surface area contributed by atoms with E-state index in [4.69, 9.17) is 10.2 Å².